The first kappa shape index (κ1) is 11.0. The van der Waals surface area contributed by atoms with E-state index in [1.54, 1.807) is 0 Å². The average molecular weight is 223 g/mol. The summed E-state index contributed by atoms with van der Waals surface area (Å²) in [5.41, 5.74) is 16.7. The van der Waals surface area contributed by atoms with Crippen molar-refractivity contribution in [1.29, 1.82) is 0 Å². The van der Waals surface area contributed by atoms with Crippen LogP contribution in [0.4, 0.5) is 11.9 Å². The maximum atomic E-state index is 5.69. The lowest BCUT2D eigenvalue weighted by Crippen LogP contribution is -2.35. The molecule has 7 heteroatoms. The molecule has 2 rings (SSSR count). The smallest absolute Gasteiger partial charge is 0.225 e. The number of likely N-dealkylation sites (tertiary alicyclic amines) is 1. The fourth-order valence-electron chi connectivity index (χ4n) is 2.08. The molecule has 0 aliphatic carbocycles. The Morgan fingerprint density at radius 1 is 1.19 bits per heavy atom. The third-order valence-corrected chi connectivity index (χ3v) is 2.83. The van der Waals surface area contributed by atoms with Crippen molar-refractivity contribution in [3.63, 3.8) is 0 Å². The van der Waals surface area contributed by atoms with Gasteiger partial charge in [-0.25, -0.2) is 0 Å². The maximum absolute atomic E-state index is 5.69. The largest absolute Gasteiger partial charge is 0.368 e. The number of aromatic nitrogens is 3. The average Bonchev–Trinajstić information content (AvgIpc) is 2.63. The van der Waals surface area contributed by atoms with Gasteiger partial charge in [0.1, 0.15) is 5.82 Å². The number of hydrogen-bond donors (Lipinski definition) is 3. The van der Waals surface area contributed by atoms with Crippen LogP contribution in [-0.4, -0.2) is 39.0 Å². The normalized spacial score (nSPS) is 21.4. The summed E-state index contributed by atoms with van der Waals surface area (Å²) < 4.78 is 0. The monoisotopic (exact) mass is 223 g/mol. The molecule has 2 heterocycles. The van der Waals surface area contributed by atoms with Gasteiger partial charge >= 0.3 is 0 Å². The van der Waals surface area contributed by atoms with E-state index in [2.05, 4.69) is 19.9 Å². The summed E-state index contributed by atoms with van der Waals surface area (Å²) in [4.78, 5) is 14.1. The Morgan fingerprint density at radius 2 is 1.88 bits per heavy atom. The number of nitrogens with zero attached hydrogens (tertiary/aromatic N) is 4. The molecular weight excluding hydrogens is 206 g/mol. The molecule has 1 unspecified atom stereocenters. The Bertz CT molecular complexity index is 347. The lowest BCUT2D eigenvalue weighted by Gasteiger charge is -2.21. The van der Waals surface area contributed by atoms with Gasteiger partial charge in [-0.1, -0.05) is 0 Å². The van der Waals surface area contributed by atoms with Crippen LogP contribution in [0.1, 0.15) is 18.7 Å². The zero-order chi connectivity index (χ0) is 11.5. The zero-order valence-corrected chi connectivity index (χ0v) is 9.13. The Balaban J connectivity index is 2.08. The van der Waals surface area contributed by atoms with E-state index < -0.39 is 0 Å². The molecule has 1 atom stereocenters. The van der Waals surface area contributed by atoms with Crippen molar-refractivity contribution in [2.75, 3.05) is 24.6 Å². The predicted octanol–water partition coefficient (Wildman–Crippen LogP) is -1.04. The summed E-state index contributed by atoms with van der Waals surface area (Å²) in [6.07, 6.45) is 2.30. The van der Waals surface area contributed by atoms with Crippen LogP contribution in [0.15, 0.2) is 0 Å². The van der Waals surface area contributed by atoms with Crippen molar-refractivity contribution < 1.29 is 0 Å². The van der Waals surface area contributed by atoms with Gasteiger partial charge in [0.05, 0.1) is 6.54 Å². The highest BCUT2D eigenvalue weighted by Gasteiger charge is 2.23. The lowest BCUT2D eigenvalue weighted by atomic mass is 10.2. The van der Waals surface area contributed by atoms with Gasteiger partial charge in [0.2, 0.25) is 11.9 Å². The minimum absolute atomic E-state index is 0.172. The van der Waals surface area contributed by atoms with Gasteiger partial charge in [-0.15, -0.1) is 0 Å². The van der Waals surface area contributed by atoms with Crippen LogP contribution < -0.4 is 17.2 Å². The topological polar surface area (TPSA) is 120 Å². The molecule has 88 valence electrons. The molecule has 0 radical (unpaired) electrons. The van der Waals surface area contributed by atoms with Crippen LogP contribution in [0.3, 0.4) is 0 Å². The number of nitrogens with two attached hydrogens (primary N) is 3. The number of anilines is 2. The third kappa shape index (κ3) is 2.37. The van der Waals surface area contributed by atoms with E-state index in [0.29, 0.717) is 25.0 Å². The fraction of sp³-hybridized carbons (Fsp3) is 0.667. The van der Waals surface area contributed by atoms with Crippen LogP contribution in [0.2, 0.25) is 0 Å². The van der Waals surface area contributed by atoms with Gasteiger partial charge in [0.25, 0.3) is 0 Å². The zero-order valence-electron chi connectivity index (χ0n) is 9.13. The second-order valence-corrected chi connectivity index (χ2v) is 3.97. The summed E-state index contributed by atoms with van der Waals surface area (Å²) in [6.45, 7) is 2.32. The summed E-state index contributed by atoms with van der Waals surface area (Å²) in [5, 5.41) is 0. The van der Waals surface area contributed by atoms with Gasteiger partial charge in [0, 0.05) is 12.6 Å². The van der Waals surface area contributed by atoms with E-state index in [1.165, 1.54) is 0 Å². The van der Waals surface area contributed by atoms with E-state index in [4.69, 9.17) is 17.2 Å². The Hall–Kier alpha value is -1.47. The highest BCUT2D eigenvalue weighted by Crippen LogP contribution is 2.18. The van der Waals surface area contributed by atoms with E-state index in [-0.39, 0.29) is 11.9 Å². The fourth-order valence-corrected chi connectivity index (χ4v) is 2.08. The van der Waals surface area contributed by atoms with Gasteiger partial charge < -0.3 is 17.2 Å². The van der Waals surface area contributed by atoms with Crippen LogP contribution in [0.5, 0.6) is 0 Å². The van der Waals surface area contributed by atoms with Gasteiger partial charge in [-0.05, 0) is 19.4 Å². The van der Waals surface area contributed by atoms with E-state index in [0.717, 1.165) is 19.4 Å². The molecule has 0 bridgehead atoms. The SMILES string of the molecule is NCC1CCCN1Cc1nc(N)nc(N)n1. The Morgan fingerprint density at radius 3 is 2.50 bits per heavy atom. The maximum Gasteiger partial charge on any atom is 0.225 e. The van der Waals surface area contributed by atoms with Crippen LogP contribution in [0.25, 0.3) is 0 Å². The van der Waals surface area contributed by atoms with Crippen molar-refractivity contribution in [3.8, 4) is 0 Å². The van der Waals surface area contributed by atoms with Crippen LogP contribution >= 0.6 is 0 Å². The predicted molar refractivity (Wildman–Crippen MR) is 61.1 cm³/mol. The molecule has 1 aromatic rings. The molecule has 1 aliphatic heterocycles. The summed E-state index contributed by atoms with van der Waals surface area (Å²) >= 11 is 0. The van der Waals surface area contributed by atoms with E-state index >= 15 is 0 Å². The number of nitrogen functional groups attached to an aromatic ring is 2. The second kappa shape index (κ2) is 4.58. The van der Waals surface area contributed by atoms with Crippen LogP contribution in [-0.2, 0) is 6.54 Å². The first-order valence-electron chi connectivity index (χ1n) is 5.39. The van der Waals surface area contributed by atoms with E-state index in [1.807, 2.05) is 0 Å². The molecule has 1 aromatic heterocycles. The Labute approximate surface area is 94.1 Å². The minimum Gasteiger partial charge on any atom is -0.368 e. The van der Waals surface area contributed by atoms with Gasteiger partial charge in [-0.2, -0.15) is 15.0 Å². The van der Waals surface area contributed by atoms with Crippen molar-refractivity contribution in [1.82, 2.24) is 19.9 Å². The molecule has 1 aliphatic rings. The second-order valence-electron chi connectivity index (χ2n) is 3.97. The first-order valence-corrected chi connectivity index (χ1v) is 5.39. The quantitative estimate of drug-likeness (QED) is 0.598. The summed E-state index contributed by atoms with van der Waals surface area (Å²) in [5.74, 6) is 0.961. The van der Waals surface area contributed by atoms with Crippen molar-refractivity contribution in [2.24, 2.45) is 5.73 Å². The molecule has 7 nitrogen and oxygen atoms in total. The highest BCUT2D eigenvalue weighted by molar-refractivity contribution is 5.25. The molecule has 6 N–H and O–H groups in total. The van der Waals surface area contributed by atoms with Crippen LogP contribution in [0, 0.1) is 0 Å². The summed E-state index contributed by atoms with van der Waals surface area (Å²) in [7, 11) is 0. The molecule has 0 saturated carbocycles. The first-order chi connectivity index (χ1) is 7.69. The molecule has 0 amide bonds. The Kier molecular flexibility index (Phi) is 3.16. The minimum atomic E-state index is 0.172. The number of rotatable bonds is 3. The van der Waals surface area contributed by atoms with E-state index in [9.17, 15) is 0 Å². The van der Waals surface area contributed by atoms with Crippen molar-refractivity contribution in [2.45, 2.75) is 25.4 Å². The lowest BCUT2D eigenvalue weighted by molar-refractivity contribution is 0.244. The molecular formula is C9H17N7. The van der Waals surface area contributed by atoms with Crippen molar-refractivity contribution >= 4 is 11.9 Å². The molecule has 0 spiro atoms. The molecule has 0 aromatic carbocycles. The molecule has 16 heavy (non-hydrogen) atoms. The summed E-state index contributed by atoms with van der Waals surface area (Å²) in [6, 6.07) is 0.416. The third-order valence-electron chi connectivity index (χ3n) is 2.83. The molecule has 1 fully saturated rings. The standard InChI is InChI=1S/C9H17N7/c10-4-6-2-1-3-16(6)5-7-13-8(11)15-9(12)14-7/h6H,1-5,10H2,(H4,11,12,13,14,15). The van der Waals surface area contributed by atoms with Gasteiger partial charge in [0.15, 0.2) is 0 Å². The highest BCUT2D eigenvalue weighted by atomic mass is 15.2. The van der Waals surface area contributed by atoms with Crippen molar-refractivity contribution in [3.05, 3.63) is 5.82 Å². The molecule has 1 saturated heterocycles. The number of hydrogen-bond acceptors (Lipinski definition) is 7. The van der Waals surface area contributed by atoms with Gasteiger partial charge in [-0.3, -0.25) is 4.90 Å².